The number of anilines is 3. The summed E-state index contributed by atoms with van der Waals surface area (Å²) in [4.78, 5) is 6.66. The van der Waals surface area contributed by atoms with Crippen LogP contribution < -0.4 is 10.2 Å². The summed E-state index contributed by atoms with van der Waals surface area (Å²) in [5, 5.41) is 12.2. The molecule has 104 valence electrons. The molecular formula is C13H13Cl2N5. The number of nitrogens with one attached hydrogen (secondary N) is 1. The first-order valence-electron chi connectivity index (χ1n) is 6.38. The first-order chi connectivity index (χ1) is 9.70. The maximum absolute atomic E-state index is 5.96. The number of halogens is 2. The Hall–Kier alpha value is -1.59. The van der Waals surface area contributed by atoms with Crippen LogP contribution in [0.1, 0.15) is 12.8 Å². The minimum Gasteiger partial charge on any atom is -0.355 e. The van der Waals surface area contributed by atoms with Crippen LogP contribution in [-0.2, 0) is 0 Å². The Bertz CT molecular complexity index is 593. The van der Waals surface area contributed by atoms with Gasteiger partial charge in [0.2, 0.25) is 5.95 Å². The van der Waals surface area contributed by atoms with Gasteiger partial charge >= 0.3 is 0 Å². The van der Waals surface area contributed by atoms with Gasteiger partial charge in [-0.25, -0.2) is 0 Å². The van der Waals surface area contributed by atoms with E-state index in [-0.39, 0.29) is 0 Å². The number of aromatic nitrogens is 3. The van der Waals surface area contributed by atoms with Crippen molar-refractivity contribution in [3.63, 3.8) is 0 Å². The molecular weight excluding hydrogens is 297 g/mol. The standard InChI is InChI=1S/C13H13Cl2N5/c14-9-5-10(15)7-11(6-9)17-13-18-12(8-16-19-13)20-3-1-2-4-20/h5-8H,1-4H2,(H,17,18,19). The molecule has 0 amide bonds. The van der Waals surface area contributed by atoms with Crippen molar-refractivity contribution in [3.8, 4) is 0 Å². The van der Waals surface area contributed by atoms with Crippen molar-refractivity contribution in [1.29, 1.82) is 0 Å². The smallest absolute Gasteiger partial charge is 0.249 e. The molecule has 5 nitrogen and oxygen atoms in total. The van der Waals surface area contributed by atoms with Crippen LogP contribution in [0.25, 0.3) is 0 Å². The van der Waals surface area contributed by atoms with E-state index in [1.165, 1.54) is 12.8 Å². The van der Waals surface area contributed by atoms with Crippen molar-refractivity contribution in [1.82, 2.24) is 15.2 Å². The molecule has 0 unspecified atom stereocenters. The molecule has 1 aliphatic heterocycles. The van der Waals surface area contributed by atoms with Crippen molar-refractivity contribution < 1.29 is 0 Å². The summed E-state index contributed by atoms with van der Waals surface area (Å²) in [6.07, 6.45) is 4.06. The summed E-state index contributed by atoms with van der Waals surface area (Å²) in [6, 6.07) is 5.20. The molecule has 2 aromatic rings. The SMILES string of the molecule is Clc1cc(Cl)cc(Nc2nncc(N3CCCC3)n2)c1. The van der Waals surface area contributed by atoms with E-state index in [9.17, 15) is 0 Å². The normalized spacial score (nSPS) is 14.6. The molecule has 0 saturated carbocycles. The lowest BCUT2D eigenvalue weighted by atomic mass is 10.3. The van der Waals surface area contributed by atoms with E-state index >= 15 is 0 Å². The van der Waals surface area contributed by atoms with Gasteiger partial charge in [-0.3, -0.25) is 0 Å². The van der Waals surface area contributed by atoms with E-state index in [1.807, 2.05) is 0 Å². The number of benzene rings is 1. The zero-order valence-electron chi connectivity index (χ0n) is 10.7. The molecule has 1 aromatic heterocycles. The van der Waals surface area contributed by atoms with Crippen molar-refractivity contribution in [2.24, 2.45) is 0 Å². The Morgan fingerprint density at radius 1 is 1.05 bits per heavy atom. The maximum Gasteiger partial charge on any atom is 0.249 e. The molecule has 1 saturated heterocycles. The molecule has 0 atom stereocenters. The Morgan fingerprint density at radius 3 is 2.45 bits per heavy atom. The van der Waals surface area contributed by atoms with Gasteiger partial charge in [0.25, 0.3) is 0 Å². The predicted molar refractivity (Wildman–Crippen MR) is 81.0 cm³/mol. The van der Waals surface area contributed by atoms with Crippen molar-refractivity contribution in [3.05, 3.63) is 34.4 Å². The van der Waals surface area contributed by atoms with E-state index in [4.69, 9.17) is 23.2 Å². The molecule has 0 radical (unpaired) electrons. The van der Waals surface area contributed by atoms with Gasteiger partial charge in [-0.15, -0.1) is 5.10 Å². The second-order valence-electron chi connectivity index (χ2n) is 4.62. The number of nitrogens with zero attached hydrogens (tertiary/aromatic N) is 4. The lowest BCUT2D eigenvalue weighted by molar-refractivity contribution is 0.890. The van der Waals surface area contributed by atoms with E-state index in [2.05, 4.69) is 25.4 Å². The van der Waals surface area contributed by atoms with Crippen molar-refractivity contribution >= 4 is 40.7 Å². The van der Waals surface area contributed by atoms with Crippen molar-refractivity contribution in [2.45, 2.75) is 12.8 Å². The molecule has 1 aliphatic rings. The molecule has 20 heavy (non-hydrogen) atoms. The second-order valence-corrected chi connectivity index (χ2v) is 5.49. The third-order valence-electron chi connectivity index (χ3n) is 3.09. The maximum atomic E-state index is 5.96. The van der Waals surface area contributed by atoms with E-state index in [1.54, 1.807) is 24.4 Å². The van der Waals surface area contributed by atoms with Gasteiger partial charge in [0.1, 0.15) is 0 Å². The highest BCUT2D eigenvalue weighted by Crippen LogP contribution is 2.25. The molecule has 7 heteroatoms. The third-order valence-corrected chi connectivity index (χ3v) is 3.53. The Labute approximate surface area is 126 Å². The highest BCUT2D eigenvalue weighted by molar-refractivity contribution is 6.35. The minimum absolute atomic E-state index is 0.438. The van der Waals surface area contributed by atoms with Crippen LogP contribution in [0.5, 0.6) is 0 Å². The summed E-state index contributed by atoms with van der Waals surface area (Å²) in [7, 11) is 0. The van der Waals surface area contributed by atoms with Gasteiger partial charge < -0.3 is 10.2 Å². The monoisotopic (exact) mass is 309 g/mol. The zero-order chi connectivity index (χ0) is 13.9. The average molecular weight is 310 g/mol. The first kappa shape index (κ1) is 13.4. The topological polar surface area (TPSA) is 53.9 Å². The number of rotatable bonds is 3. The van der Waals surface area contributed by atoms with Crippen LogP contribution in [0.3, 0.4) is 0 Å². The lowest BCUT2D eigenvalue weighted by Crippen LogP contribution is -2.19. The summed E-state index contributed by atoms with van der Waals surface area (Å²) < 4.78 is 0. The van der Waals surface area contributed by atoms with Gasteiger partial charge in [0.15, 0.2) is 5.82 Å². The third kappa shape index (κ3) is 3.11. The predicted octanol–water partition coefficient (Wildman–Crippen LogP) is 3.52. The fourth-order valence-electron chi connectivity index (χ4n) is 2.20. The van der Waals surface area contributed by atoms with Crippen LogP contribution in [0, 0.1) is 0 Å². The molecule has 1 N–H and O–H groups in total. The van der Waals surface area contributed by atoms with Gasteiger partial charge in [0.05, 0.1) is 6.20 Å². The second kappa shape index (κ2) is 5.81. The van der Waals surface area contributed by atoms with Crippen LogP contribution >= 0.6 is 23.2 Å². The van der Waals surface area contributed by atoms with Crippen LogP contribution in [0.2, 0.25) is 10.0 Å². The van der Waals surface area contributed by atoms with Crippen LogP contribution in [0.15, 0.2) is 24.4 Å². The molecule has 2 heterocycles. The van der Waals surface area contributed by atoms with Gasteiger partial charge in [0, 0.05) is 28.8 Å². The van der Waals surface area contributed by atoms with Crippen molar-refractivity contribution in [2.75, 3.05) is 23.3 Å². The Balaban J connectivity index is 1.81. The molecule has 1 fully saturated rings. The van der Waals surface area contributed by atoms with Gasteiger partial charge in [-0.05, 0) is 31.0 Å². The highest BCUT2D eigenvalue weighted by Gasteiger charge is 2.14. The Morgan fingerprint density at radius 2 is 1.75 bits per heavy atom. The summed E-state index contributed by atoms with van der Waals surface area (Å²) in [6.45, 7) is 2.03. The van der Waals surface area contributed by atoms with E-state index in [0.717, 1.165) is 24.6 Å². The molecule has 0 spiro atoms. The largest absolute Gasteiger partial charge is 0.355 e. The highest BCUT2D eigenvalue weighted by atomic mass is 35.5. The first-order valence-corrected chi connectivity index (χ1v) is 7.14. The van der Waals surface area contributed by atoms with Crippen LogP contribution in [-0.4, -0.2) is 28.3 Å². The lowest BCUT2D eigenvalue weighted by Gasteiger charge is -2.16. The Kier molecular flexibility index (Phi) is 3.89. The summed E-state index contributed by atoms with van der Waals surface area (Å²) in [5.74, 6) is 1.28. The van der Waals surface area contributed by atoms with E-state index < -0.39 is 0 Å². The van der Waals surface area contributed by atoms with Crippen LogP contribution in [0.4, 0.5) is 17.5 Å². The quantitative estimate of drug-likeness (QED) is 0.940. The minimum atomic E-state index is 0.438. The van der Waals surface area contributed by atoms with E-state index in [0.29, 0.717) is 16.0 Å². The fourth-order valence-corrected chi connectivity index (χ4v) is 2.73. The average Bonchev–Trinajstić information content (AvgIpc) is 2.91. The van der Waals surface area contributed by atoms with Gasteiger partial charge in [-0.1, -0.05) is 23.2 Å². The summed E-state index contributed by atoms with van der Waals surface area (Å²) in [5.41, 5.74) is 0.739. The molecule has 1 aromatic carbocycles. The molecule has 0 bridgehead atoms. The van der Waals surface area contributed by atoms with Gasteiger partial charge in [-0.2, -0.15) is 10.1 Å². The number of hydrogen-bond donors (Lipinski definition) is 1. The zero-order valence-corrected chi connectivity index (χ0v) is 12.2. The molecule has 3 rings (SSSR count). The number of hydrogen-bond acceptors (Lipinski definition) is 5. The fraction of sp³-hybridized carbons (Fsp3) is 0.308. The molecule has 0 aliphatic carbocycles. The summed E-state index contributed by atoms with van der Waals surface area (Å²) >= 11 is 11.9.